The smallest absolute Gasteiger partial charge is 0.0665 e. The zero-order chi connectivity index (χ0) is 5.98. The van der Waals surface area contributed by atoms with Crippen LogP contribution in [-0.2, 0) is 0 Å². The molecule has 0 aromatic rings. The molecule has 0 amide bonds. The highest BCUT2D eigenvalue weighted by Crippen LogP contribution is 2.22. The number of hydrogen-bond acceptors (Lipinski definition) is 1. The summed E-state index contributed by atoms with van der Waals surface area (Å²) in [6, 6.07) is 2.25. The average Bonchev–Trinajstić information content (AvgIpc) is 2.14. The summed E-state index contributed by atoms with van der Waals surface area (Å²) in [6.45, 7) is 2.08. The zero-order valence-corrected chi connectivity index (χ0v) is 4.96. The molecule has 0 aromatic heterocycles. The monoisotopic (exact) mass is 107 g/mol. The summed E-state index contributed by atoms with van der Waals surface area (Å²) in [7, 11) is 0. The molecule has 0 bridgehead atoms. The fraction of sp³-hybridized carbons (Fsp3) is 0.571. The van der Waals surface area contributed by atoms with Crippen LogP contribution in [0.1, 0.15) is 13.3 Å². The minimum Gasteiger partial charge on any atom is -0.198 e. The molecule has 1 aliphatic rings. The van der Waals surface area contributed by atoms with E-state index in [4.69, 9.17) is 5.26 Å². The Hall–Kier alpha value is -0.770. The second-order valence-corrected chi connectivity index (χ2v) is 2.26. The van der Waals surface area contributed by atoms with Crippen molar-refractivity contribution in [1.82, 2.24) is 0 Å². The van der Waals surface area contributed by atoms with Gasteiger partial charge in [0, 0.05) is 0 Å². The molecule has 0 aromatic carbocycles. The number of nitriles is 1. The maximum absolute atomic E-state index is 8.45. The lowest BCUT2D eigenvalue weighted by molar-refractivity contribution is 0.566. The largest absolute Gasteiger partial charge is 0.198 e. The first-order valence-corrected chi connectivity index (χ1v) is 2.91. The van der Waals surface area contributed by atoms with E-state index in [0.717, 1.165) is 6.42 Å². The fourth-order valence-electron chi connectivity index (χ4n) is 0.959. The Bertz CT molecular complexity index is 141. The first kappa shape index (κ1) is 5.37. The molecule has 0 heterocycles. The summed E-state index contributed by atoms with van der Waals surface area (Å²) in [6.07, 6.45) is 5.14. The third kappa shape index (κ3) is 0.742. The van der Waals surface area contributed by atoms with Gasteiger partial charge in [-0.25, -0.2) is 0 Å². The van der Waals surface area contributed by atoms with E-state index >= 15 is 0 Å². The molecule has 0 aliphatic heterocycles. The summed E-state index contributed by atoms with van der Waals surface area (Å²) >= 11 is 0. The van der Waals surface area contributed by atoms with Gasteiger partial charge in [0.2, 0.25) is 0 Å². The lowest BCUT2D eigenvalue weighted by Crippen LogP contribution is -1.99. The molecule has 42 valence electrons. The third-order valence-corrected chi connectivity index (χ3v) is 1.63. The first-order chi connectivity index (χ1) is 3.84. The van der Waals surface area contributed by atoms with Gasteiger partial charge in [-0.15, -0.1) is 0 Å². The van der Waals surface area contributed by atoms with Crippen molar-refractivity contribution in [3.8, 4) is 6.07 Å². The molecule has 0 spiro atoms. The summed E-state index contributed by atoms with van der Waals surface area (Å²) in [4.78, 5) is 0. The minimum absolute atomic E-state index is 0.259. The van der Waals surface area contributed by atoms with Crippen molar-refractivity contribution in [2.45, 2.75) is 13.3 Å². The van der Waals surface area contributed by atoms with Crippen LogP contribution >= 0.6 is 0 Å². The minimum atomic E-state index is 0.259. The van der Waals surface area contributed by atoms with Crippen molar-refractivity contribution < 1.29 is 0 Å². The lowest BCUT2D eigenvalue weighted by Gasteiger charge is -2.01. The molecule has 1 rings (SSSR count). The molecule has 1 heteroatoms. The Morgan fingerprint density at radius 3 is 2.75 bits per heavy atom. The van der Waals surface area contributed by atoms with Crippen LogP contribution in [0.2, 0.25) is 0 Å². The molecule has 1 nitrogen and oxygen atoms in total. The van der Waals surface area contributed by atoms with Crippen molar-refractivity contribution in [2.24, 2.45) is 11.8 Å². The van der Waals surface area contributed by atoms with E-state index in [1.165, 1.54) is 0 Å². The maximum atomic E-state index is 8.45. The Kier molecular flexibility index (Phi) is 1.34. The van der Waals surface area contributed by atoms with Gasteiger partial charge in [-0.3, -0.25) is 0 Å². The standard InChI is InChI=1S/C7H9N/c1-6-3-2-4-7(6)5-8/h2-3,6-7H,4H2,1H3/t6-,7-/m1/s1. The van der Waals surface area contributed by atoms with Crippen LogP contribution in [-0.4, -0.2) is 0 Å². The van der Waals surface area contributed by atoms with E-state index in [9.17, 15) is 0 Å². The zero-order valence-electron chi connectivity index (χ0n) is 4.96. The van der Waals surface area contributed by atoms with Crippen molar-refractivity contribution in [2.75, 3.05) is 0 Å². The van der Waals surface area contributed by atoms with Crippen LogP contribution in [0.25, 0.3) is 0 Å². The molecule has 0 radical (unpaired) electrons. The topological polar surface area (TPSA) is 23.8 Å². The highest BCUT2D eigenvalue weighted by atomic mass is 14.3. The Labute approximate surface area is 49.6 Å². The molecule has 0 fully saturated rings. The lowest BCUT2D eigenvalue weighted by atomic mass is 10.00. The van der Waals surface area contributed by atoms with Crippen LogP contribution in [0.15, 0.2) is 12.2 Å². The van der Waals surface area contributed by atoms with E-state index in [-0.39, 0.29) is 5.92 Å². The molecule has 0 saturated heterocycles. The van der Waals surface area contributed by atoms with Gasteiger partial charge in [-0.2, -0.15) is 5.26 Å². The van der Waals surface area contributed by atoms with Gasteiger partial charge in [0.15, 0.2) is 0 Å². The van der Waals surface area contributed by atoms with Gasteiger partial charge in [-0.05, 0) is 12.3 Å². The van der Waals surface area contributed by atoms with Crippen molar-refractivity contribution in [3.63, 3.8) is 0 Å². The SMILES string of the molecule is C[C@@H]1C=CC[C@@H]1C#N. The highest BCUT2D eigenvalue weighted by Gasteiger charge is 2.16. The van der Waals surface area contributed by atoms with Gasteiger partial charge in [0.25, 0.3) is 0 Å². The molecular weight excluding hydrogens is 98.1 g/mol. The third-order valence-electron chi connectivity index (χ3n) is 1.63. The van der Waals surface area contributed by atoms with Crippen LogP contribution in [0.5, 0.6) is 0 Å². The Morgan fingerprint density at radius 2 is 2.50 bits per heavy atom. The maximum Gasteiger partial charge on any atom is 0.0665 e. The van der Waals surface area contributed by atoms with E-state index < -0.39 is 0 Å². The molecule has 1 aliphatic carbocycles. The number of rotatable bonds is 0. The predicted octanol–water partition coefficient (Wildman–Crippen LogP) is 1.72. The van der Waals surface area contributed by atoms with E-state index in [0.29, 0.717) is 5.92 Å². The van der Waals surface area contributed by atoms with Crippen molar-refractivity contribution in [1.29, 1.82) is 5.26 Å². The van der Waals surface area contributed by atoms with Gasteiger partial charge in [-0.1, -0.05) is 19.1 Å². The van der Waals surface area contributed by atoms with Gasteiger partial charge in [0.1, 0.15) is 0 Å². The van der Waals surface area contributed by atoms with E-state index in [1.54, 1.807) is 0 Å². The quantitative estimate of drug-likeness (QED) is 0.432. The number of nitrogens with zero attached hydrogens (tertiary/aromatic N) is 1. The van der Waals surface area contributed by atoms with Crippen LogP contribution in [0.3, 0.4) is 0 Å². The average molecular weight is 107 g/mol. The second kappa shape index (κ2) is 2.00. The molecule has 0 unspecified atom stereocenters. The summed E-state index contributed by atoms with van der Waals surface area (Å²) in [5.74, 6) is 0.745. The Morgan fingerprint density at radius 1 is 1.75 bits per heavy atom. The normalized spacial score (nSPS) is 35.0. The molecular formula is C7H9N. The van der Waals surface area contributed by atoms with Gasteiger partial charge < -0.3 is 0 Å². The predicted molar refractivity (Wildman–Crippen MR) is 32.0 cm³/mol. The highest BCUT2D eigenvalue weighted by molar-refractivity contribution is 5.06. The van der Waals surface area contributed by atoms with Crippen LogP contribution in [0, 0.1) is 23.2 Å². The van der Waals surface area contributed by atoms with Gasteiger partial charge in [0.05, 0.1) is 12.0 Å². The van der Waals surface area contributed by atoms with Crippen molar-refractivity contribution in [3.05, 3.63) is 12.2 Å². The fourth-order valence-corrected chi connectivity index (χ4v) is 0.959. The second-order valence-electron chi connectivity index (χ2n) is 2.26. The van der Waals surface area contributed by atoms with Gasteiger partial charge >= 0.3 is 0 Å². The Balaban J connectivity index is 2.54. The molecule has 0 saturated carbocycles. The summed E-state index contributed by atoms with van der Waals surface area (Å²) < 4.78 is 0. The molecule has 0 N–H and O–H groups in total. The van der Waals surface area contributed by atoms with Crippen LogP contribution < -0.4 is 0 Å². The number of hydrogen-bond donors (Lipinski definition) is 0. The first-order valence-electron chi connectivity index (χ1n) is 2.91. The summed E-state index contributed by atoms with van der Waals surface area (Å²) in [5, 5.41) is 8.45. The number of allylic oxidation sites excluding steroid dienone is 2. The van der Waals surface area contributed by atoms with Crippen LogP contribution in [0.4, 0.5) is 0 Å². The molecule has 2 atom stereocenters. The summed E-state index contributed by atoms with van der Waals surface area (Å²) in [5.41, 5.74) is 0. The van der Waals surface area contributed by atoms with E-state index in [2.05, 4.69) is 25.1 Å². The molecule has 8 heavy (non-hydrogen) atoms. The van der Waals surface area contributed by atoms with Crippen molar-refractivity contribution >= 4 is 0 Å². The van der Waals surface area contributed by atoms with E-state index in [1.807, 2.05) is 0 Å².